The van der Waals surface area contributed by atoms with Crippen LogP contribution in [0.4, 0.5) is 11.4 Å². The van der Waals surface area contributed by atoms with E-state index in [0.717, 1.165) is 30.0 Å². The number of anilines is 2. The van der Waals surface area contributed by atoms with Gasteiger partial charge in [-0.3, -0.25) is 4.79 Å². The van der Waals surface area contributed by atoms with Crippen LogP contribution in [0.3, 0.4) is 0 Å². The topological polar surface area (TPSA) is 32.3 Å². The molecule has 0 unspecified atom stereocenters. The molecule has 0 aliphatic carbocycles. The fourth-order valence-corrected chi connectivity index (χ4v) is 2.62. The summed E-state index contributed by atoms with van der Waals surface area (Å²) in [4.78, 5) is 14.2. The number of nitrogens with zero attached hydrogens (tertiary/aromatic N) is 1. The van der Waals surface area contributed by atoms with Crippen molar-refractivity contribution in [1.82, 2.24) is 0 Å². The Morgan fingerprint density at radius 1 is 1.04 bits per heavy atom. The molecule has 0 radical (unpaired) electrons. The van der Waals surface area contributed by atoms with Gasteiger partial charge in [-0.05, 0) is 61.9 Å². The van der Waals surface area contributed by atoms with Gasteiger partial charge in [-0.2, -0.15) is 0 Å². The van der Waals surface area contributed by atoms with Crippen molar-refractivity contribution < 1.29 is 4.79 Å². The van der Waals surface area contributed by atoms with Gasteiger partial charge in [0.2, 0.25) is 5.91 Å². The largest absolute Gasteiger partial charge is 0.372 e. The molecule has 0 saturated carbocycles. The Morgan fingerprint density at radius 3 is 2.29 bits per heavy atom. The van der Waals surface area contributed by atoms with E-state index in [1.807, 2.05) is 24.3 Å². The lowest BCUT2D eigenvalue weighted by Crippen LogP contribution is -2.21. The first-order valence-electron chi connectivity index (χ1n) is 7.82. The lowest BCUT2D eigenvalue weighted by Gasteiger charge is -2.21. The first-order valence-corrected chi connectivity index (χ1v) is 8.58. The molecule has 24 heavy (non-hydrogen) atoms. The minimum Gasteiger partial charge on any atom is -0.372 e. The van der Waals surface area contributed by atoms with E-state index in [2.05, 4.69) is 24.1 Å². The minimum absolute atomic E-state index is 0.198. The summed E-state index contributed by atoms with van der Waals surface area (Å²) in [6, 6.07) is 13.0. The van der Waals surface area contributed by atoms with Crippen LogP contribution in [0.2, 0.25) is 10.0 Å². The summed E-state index contributed by atoms with van der Waals surface area (Å²) in [7, 11) is 0. The number of rotatable bonds is 6. The Morgan fingerprint density at radius 2 is 1.71 bits per heavy atom. The molecule has 0 aliphatic rings. The van der Waals surface area contributed by atoms with E-state index in [1.165, 1.54) is 6.08 Å². The molecule has 2 aromatic rings. The number of carbonyl (C=O) groups is 1. The van der Waals surface area contributed by atoms with Gasteiger partial charge in [0.05, 0.1) is 10.0 Å². The van der Waals surface area contributed by atoms with E-state index < -0.39 is 0 Å². The van der Waals surface area contributed by atoms with Gasteiger partial charge in [0.25, 0.3) is 0 Å². The highest BCUT2D eigenvalue weighted by molar-refractivity contribution is 6.42. The third kappa shape index (κ3) is 5.02. The molecule has 0 heterocycles. The molecule has 126 valence electrons. The highest BCUT2D eigenvalue weighted by Crippen LogP contribution is 2.23. The van der Waals surface area contributed by atoms with Gasteiger partial charge in [0.1, 0.15) is 0 Å². The molecule has 5 heteroatoms. The lowest BCUT2D eigenvalue weighted by atomic mass is 10.2. The Hall–Kier alpha value is -1.97. The van der Waals surface area contributed by atoms with Crippen LogP contribution >= 0.6 is 23.2 Å². The normalized spacial score (nSPS) is 10.8. The van der Waals surface area contributed by atoms with Crippen molar-refractivity contribution in [2.24, 2.45) is 0 Å². The molecule has 0 bridgehead atoms. The molecule has 2 rings (SSSR count). The summed E-state index contributed by atoms with van der Waals surface area (Å²) in [5, 5.41) is 3.79. The van der Waals surface area contributed by atoms with Gasteiger partial charge < -0.3 is 10.2 Å². The van der Waals surface area contributed by atoms with Gasteiger partial charge in [-0.1, -0.05) is 29.3 Å². The average Bonchev–Trinajstić information content (AvgIpc) is 2.58. The van der Waals surface area contributed by atoms with Crippen molar-refractivity contribution in [3.8, 4) is 0 Å². The zero-order valence-electron chi connectivity index (χ0n) is 13.7. The Labute approximate surface area is 152 Å². The predicted molar refractivity (Wildman–Crippen MR) is 104 cm³/mol. The molecule has 1 N–H and O–H groups in total. The van der Waals surface area contributed by atoms with Crippen LogP contribution in [0.5, 0.6) is 0 Å². The lowest BCUT2D eigenvalue weighted by molar-refractivity contribution is -0.111. The maximum absolute atomic E-state index is 12.0. The van der Waals surface area contributed by atoms with Gasteiger partial charge in [-0.25, -0.2) is 0 Å². The van der Waals surface area contributed by atoms with Gasteiger partial charge in [0, 0.05) is 30.5 Å². The number of benzene rings is 2. The third-order valence-electron chi connectivity index (χ3n) is 3.63. The first-order chi connectivity index (χ1) is 11.5. The first kappa shape index (κ1) is 18.4. The van der Waals surface area contributed by atoms with E-state index in [9.17, 15) is 4.79 Å². The smallest absolute Gasteiger partial charge is 0.248 e. The number of halogens is 2. The average molecular weight is 363 g/mol. The number of nitrogens with one attached hydrogen (secondary N) is 1. The van der Waals surface area contributed by atoms with Crippen LogP contribution in [0.1, 0.15) is 19.4 Å². The van der Waals surface area contributed by atoms with E-state index in [4.69, 9.17) is 23.2 Å². The molecule has 1 amide bonds. The SMILES string of the molecule is CCN(CC)c1ccc(NC(=O)C=Cc2ccc(Cl)c(Cl)c2)cc1. The maximum atomic E-state index is 12.0. The van der Waals surface area contributed by atoms with Crippen molar-refractivity contribution >= 4 is 46.6 Å². The van der Waals surface area contributed by atoms with Crippen LogP contribution in [0, 0.1) is 0 Å². The molecule has 0 atom stereocenters. The molecule has 0 aromatic heterocycles. The summed E-state index contributed by atoms with van der Waals surface area (Å²) < 4.78 is 0. The number of carbonyl (C=O) groups excluding carboxylic acids is 1. The van der Waals surface area contributed by atoms with Crippen molar-refractivity contribution in [1.29, 1.82) is 0 Å². The summed E-state index contributed by atoms with van der Waals surface area (Å²) in [6.07, 6.45) is 3.17. The molecular formula is C19H20Cl2N2O. The Kier molecular flexibility index (Phi) is 6.71. The van der Waals surface area contributed by atoms with Crippen molar-refractivity contribution in [2.45, 2.75) is 13.8 Å². The Bertz CT molecular complexity index is 723. The fraction of sp³-hybridized carbons (Fsp3) is 0.211. The highest BCUT2D eigenvalue weighted by Gasteiger charge is 2.03. The quantitative estimate of drug-likeness (QED) is 0.688. The van der Waals surface area contributed by atoms with Crippen molar-refractivity contribution in [3.05, 3.63) is 64.1 Å². The summed E-state index contributed by atoms with van der Waals surface area (Å²) >= 11 is 11.8. The van der Waals surface area contributed by atoms with E-state index >= 15 is 0 Å². The molecule has 2 aromatic carbocycles. The molecule has 0 fully saturated rings. The zero-order chi connectivity index (χ0) is 17.5. The van der Waals surface area contributed by atoms with Crippen LogP contribution in [0.25, 0.3) is 6.08 Å². The molecule has 3 nitrogen and oxygen atoms in total. The molecule has 0 spiro atoms. The third-order valence-corrected chi connectivity index (χ3v) is 4.37. The van der Waals surface area contributed by atoms with E-state index in [0.29, 0.717) is 10.0 Å². The second kappa shape index (κ2) is 8.76. The molecule has 0 saturated heterocycles. The van der Waals surface area contributed by atoms with Crippen LogP contribution in [0.15, 0.2) is 48.5 Å². The standard InChI is InChI=1S/C19H20Cl2N2O/c1-3-23(4-2)16-9-7-15(8-10-16)22-19(24)12-6-14-5-11-17(20)18(21)13-14/h5-13H,3-4H2,1-2H3,(H,22,24). The van der Waals surface area contributed by atoms with Crippen molar-refractivity contribution in [3.63, 3.8) is 0 Å². The van der Waals surface area contributed by atoms with Crippen LogP contribution in [-0.4, -0.2) is 19.0 Å². The zero-order valence-corrected chi connectivity index (χ0v) is 15.2. The second-order valence-corrected chi connectivity index (χ2v) is 6.03. The Balaban J connectivity index is 1.99. The molecule has 0 aliphatic heterocycles. The highest BCUT2D eigenvalue weighted by atomic mass is 35.5. The summed E-state index contributed by atoms with van der Waals surface area (Å²) in [6.45, 7) is 6.14. The monoisotopic (exact) mass is 362 g/mol. The van der Waals surface area contributed by atoms with Gasteiger partial charge in [0.15, 0.2) is 0 Å². The van der Waals surface area contributed by atoms with Crippen molar-refractivity contribution in [2.75, 3.05) is 23.3 Å². The van der Waals surface area contributed by atoms with E-state index in [1.54, 1.807) is 24.3 Å². The van der Waals surface area contributed by atoms with Crippen LogP contribution in [-0.2, 0) is 4.79 Å². The second-order valence-electron chi connectivity index (χ2n) is 5.22. The van der Waals surface area contributed by atoms with E-state index in [-0.39, 0.29) is 5.91 Å². The van der Waals surface area contributed by atoms with Gasteiger partial charge in [-0.15, -0.1) is 0 Å². The van der Waals surface area contributed by atoms with Crippen LogP contribution < -0.4 is 10.2 Å². The summed E-state index contributed by atoms with van der Waals surface area (Å²) in [5.74, 6) is -0.198. The summed E-state index contributed by atoms with van der Waals surface area (Å²) in [5.41, 5.74) is 2.72. The van der Waals surface area contributed by atoms with Gasteiger partial charge >= 0.3 is 0 Å². The maximum Gasteiger partial charge on any atom is 0.248 e. The fourth-order valence-electron chi connectivity index (χ4n) is 2.32. The number of hydrogen-bond acceptors (Lipinski definition) is 2. The number of amides is 1. The number of hydrogen-bond donors (Lipinski definition) is 1. The molecular weight excluding hydrogens is 343 g/mol. The predicted octanol–water partition coefficient (Wildman–Crippen LogP) is 5.49. The minimum atomic E-state index is -0.198.